The van der Waals surface area contributed by atoms with Gasteiger partial charge in [-0.25, -0.2) is 16.8 Å². The zero-order chi connectivity index (χ0) is 19.9. The lowest BCUT2D eigenvalue weighted by Gasteiger charge is -2.22. The summed E-state index contributed by atoms with van der Waals surface area (Å²) in [6.07, 6.45) is 0.0503. The van der Waals surface area contributed by atoms with Crippen molar-refractivity contribution in [2.45, 2.75) is 17.4 Å². The largest absolute Gasteiger partial charge is 0.491 e. The van der Waals surface area contributed by atoms with Gasteiger partial charge in [-0.3, -0.25) is 0 Å². The van der Waals surface area contributed by atoms with Gasteiger partial charge in [-0.15, -0.1) is 0 Å². The van der Waals surface area contributed by atoms with Crippen molar-refractivity contribution in [3.8, 4) is 5.75 Å². The van der Waals surface area contributed by atoms with Crippen LogP contribution in [0, 0.1) is 0 Å². The molecule has 0 N–H and O–H groups in total. The van der Waals surface area contributed by atoms with Crippen LogP contribution in [0.4, 0.5) is 13.2 Å². The molecule has 7 nitrogen and oxygen atoms in total. The summed E-state index contributed by atoms with van der Waals surface area (Å²) in [6.45, 7) is 0.994. The number of rotatable bonds is 7. The molecule has 0 aliphatic carbocycles. The van der Waals surface area contributed by atoms with E-state index in [1.54, 1.807) is 24.3 Å². The van der Waals surface area contributed by atoms with Gasteiger partial charge in [0.25, 0.3) is 0 Å². The number of epoxide rings is 1. The van der Waals surface area contributed by atoms with E-state index in [0.717, 1.165) is 5.39 Å². The molecule has 0 aromatic heterocycles. The van der Waals surface area contributed by atoms with Gasteiger partial charge in [0.15, 0.2) is 10.0 Å². The smallest absolute Gasteiger partial charge is 0.480 e. The van der Waals surface area contributed by atoms with Crippen molar-refractivity contribution in [1.29, 1.82) is 0 Å². The number of hydrogen-bond acceptors (Lipinski definition) is 6. The molecule has 2 aromatic rings. The minimum absolute atomic E-state index is 0.0503. The molecule has 0 spiro atoms. The van der Waals surface area contributed by atoms with Crippen LogP contribution in [0.3, 0.4) is 0 Å². The Balaban J connectivity index is 1.79. The van der Waals surface area contributed by atoms with Crippen molar-refractivity contribution in [3.63, 3.8) is 0 Å². The van der Waals surface area contributed by atoms with Crippen LogP contribution in [0.25, 0.3) is 14.9 Å². The summed E-state index contributed by atoms with van der Waals surface area (Å²) >= 11 is 0. The monoisotopic (exact) mass is 424 g/mol. The Labute approximate surface area is 153 Å². The predicted octanol–water partition coefficient (Wildman–Crippen LogP) is 2.67. The molecule has 1 aliphatic heterocycles. The molecule has 1 atom stereocenters. The Morgan fingerprint density at radius 3 is 2.37 bits per heavy atom. The lowest BCUT2D eigenvalue weighted by atomic mass is 10.1. The normalized spacial score (nSPS) is 17.8. The fraction of sp³-hybridized carbons (Fsp3) is 0.333. The summed E-state index contributed by atoms with van der Waals surface area (Å²) in [6, 6.07) is 9.43. The first-order chi connectivity index (χ1) is 12.5. The molecule has 1 fully saturated rings. The lowest BCUT2D eigenvalue weighted by molar-refractivity contribution is -0.0425. The van der Waals surface area contributed by atoms with E-state index in [9.17, 15) is 30.0 Å². The van der Waals surface area contributed by atoms with Gasteiger partial charge in [-0.2, -0.15) is 13.2 Å². The van der Waals surface area contributed by atoms with Gasteiger partial charge in [-0.1, -0.05) is 24.3 Å². The van der Waals surface area contributed by atoms with Crippen LogP contribution in [0.2, 0.25) is 0 Å². The van der Waals surface area contributed by atoms with E-state index in [1.807, 2.05) is 4.13 Å². The molecular weight excluding hydrogens is 411 g/mol. The second-order valence-corrected chi connectivity index (χ2v) is 9.29. The first-order valence-electron chi connectivity index (χ1n) is 7.50. The topological polar surface area (TPSA) is 104 Å². The maximum Gasteiger partial charge on any atom is 0.480 e. The molecule has 0 amide bonds. The van der Waals surface area contributed by atoms with Crippen LogP contribution in [0.15, 0.2) is 36.4 Å². The zero-order valence-electron chi connectivity index (χ0n) is 13.5. The zero-order valence-corrected chi connectivity index (χ0v) is 15.1. The number of hydrogen-bond donors (Lipinski definition) is 0. The quantitative estimate of drug-likeness (QED) is 0.633. The van der Waals surface area contributed by atoms with Crippen molar-refractivity contribution in [1.82, 2.24) is 0 Å². The second kappa shape index (κ2) is 6.93. The van der Waals surface area contributed by atoms with E-state index < -0.39 is 31.3 Å². The highest BCUT2D eigenvalue weighted by atomic mass is 32.3. The summed E-state index contributed by atoms with van der Waals surface area (Å²) in [5, 5.41) is 1.32. The summed E-state index contributed by atoms with van der Waals surface area (Å²) in [7, 11) is -11.0. The van der Waals surface area contributed by atoms with Gasteiger partial charge in [0, 0.05) is 0 Å². The molecule has 0 radical (unpaired) electrons. The molecule has 3 rings (SSSR count). The Morgan fingerprint density at radius 1 is 1.07 bits per heavy atom. The van der Waals surface area contributed by atoms with Gasteiger partial charge >= 0.3 is 5.51 Å². The summed E-state index contributed by atoms with van der Waals surface area (Å²) < 4.78 is 95.0. The van der Waals surface area contributed by atoms with Crippen molar-refractivity contribution in [2.75, 3.05) is 13.2 Å². The van der Waals surface area contributed by atoms with Gasteiger partial charge < -0.3 is 13.6 Å². The molecule has 0 saturated carbocycles. The minimum atomic E-state index is -6.13. The minimum Gasteiger partial charge on any atom is -0.491 e. The maximum atomic E-state index is 12.3. The summed E-state index contributed by atoms with van der Waals surface area (Å²) in [5.41, 5.74) is -5.69. The third-order valence-corrected chi connectivity index (χ3v) is 6.54. The number of alkyl halides is 3. The van der Waals surface area contributed by atoms with Crippen LogP contribution in [0.1, 0.15) is 5.56 Å². The van der Waals surface area contributed by atoms with Gasteiger partial charge in [-0.05, 0) is 28.5 Å². The number of halogens is 3. The highest BCUT2D eigenvalue weighted by molar-refractivity contribution is 8.12. The summed E-state index contributed by atoms with van der Waals surface area (Å²) in [4.78, 5) is 0. The number of ether oxygens (including phenoxy) is 2. The highest BCUT2D eigenvalue weighted by Crippen LogP contribution is 2.31. The average molecular weight is 424 g/mol. The van der Waals surface area contributed by atoms with Crippen molar-refractivity contribution in [2.24, 2.45) is 0 Å². The molecule has 1 unspecified atom stereocenters. The molecule has 2 aromatic carbocycles. The first kappa shape index (κ1) is 19.9. The predicted molar refractivity (Wildman–Crippen MR) is 90.1 cm³/mol. The third kappa shape index (κ3) is 5.09. The molecule has 0 bridgehead atoms. The van der Waals surface area contributed by atoms with Gasteiger partial charge in [0.1, 0.15) is 18.5 Å². The average Bonchev–Trinajstić information content (AvgIpc) is 3.34. The highest BCUT2D eigenvalue weighted by Gasteiger charge is 2.40. The Kier molecular flexibility index (Phi) is 5.10. The van der Waals surface area contributed by atoms with Crippen LogP contribution in [0.5, 0.6) is 5.75 Å². The number of sulfonamides is 2. The Hall–Kier alpha value is -1.89. The van der Waals surface area contributed by atoms with E-state index in [-0.39, 0.29) is 11.7 Å². The van der Waals surface area contributed by atoms with E-state index in [2.05, 4.69) is 0 Å². The number of nitrogens with zero attached hydrogens (tertiary/aromatic N) is 1. The van der Waals surface area contributed by atoms with E-state index in [4.69, 9.17) is 9.47 Å². The maximum absolute atomic E-state index is 12.3. The molecular formula is C15H13F3NO6S2-. The molecule has 1 saturated heterocycles. The fourth-order valence-corrected chi connectivity index (χ4v) is 4.58. The Bertz CT molecular complexity index is 1060. The standard InChI is InChI=1S/C15H13F3NO6S2/c16-15(17,18)27(22,23)19-26(20,21)9-10-1-2-11-3-4-13(6-12(11)5-10)24-7-14-8-25-14/h1-6,14H,7-9H2/q-1. The molecule has 1 heterocycles. The molecule has 27 heavy (non-hydrogen) atoms. The number of fused-ring (bicyclic) bond motifs is 1. The van der Waals surface area contributed by atoms with Crippen LogP contribution in [-0.4, -0.2) is 41.7 Å². The van der Waals surface area contributed by atoms with Crippen molar-refractivity contribution < 1.29 is 39.5 Å². The molecule has 12 heteroatoms. The van der Waals surface area contributed by atoms with Crippen LogP contribution < -0.4 is 4.74 Å². The van der Waals surface area contributed by atoms with E-state index >= 15 is 0 Å². The Morgan fingerprint density at radius 2 is 1.74 bits per heavy atom. The van der Waals surface area contributed by atoms with Crippen LogP contribution >= 0.6 is 0 Å². The lowest BCUT2D eigenvalue weighted by Crippen LogP contribution is -2.24. The summed E-state index contributed by atoms with van der Waals surface area (Å²) in [5.74, 6) is -0.471. The third-order valence-electron chi connectivity index (χ3n) is 3.57. The van der Waals surface area contributed by atoms with Gasteiger partial charge in [0.2, 0.25) is 0 Å². The second-order valence-electron chi connectivity index (χ2n) is 5.83. The number of benzene rings is 2. The van der Waals surface area contributed by atoms with Crippen LogP contribution in [-0.2, 0) is 30.5 Å². The van der Waals surface area contributed by atoms with Crippen molar-refractivity contribution >= 4 is 30.8 Å². The van der Waals surface area contributed by atoms with E-state index in [1.165, 1.54) is 12.1 Å². The van der Waals surface area contributed by atoms with E-state index in [0.29, 0.717) is 24.3 Å². The SMILES string of the molecule is O=S(=O)(Cc1ccc2ccc(OCC3CO3)cc2c1)[N-]S(=O)(=O)C(F)(F)F. The van der Waals surface area contributed by atoms with Crippen molar-refractivity contribution in [3.05, 3.63) is 46.1 Å². The molecule has 1 aliphatic rings. The van der Waals surface area contributed by atoms with Gasteiger partial charge in [0.05, 0.1) is 22.4 Å². The molecule has 148 valence electrons. The first-order valence-corrected chi connectivity index (χ1v) is 10.6. The fourth-order valence-electron chi connectivity index (χ4n) is 2.24.